The van der Waals surface area contributed by atoms with E-state index < -0.39 is 0 Å². The number of hydrogen-bond donors (Lipinski definition) is 2. The number of aryl methyl sites for hydroxylation is 1. The summed E-state index contributed by atoms with van der Waals surface area (Å²) in [7, 11) is 1.94. The fourth-order valence-corrected chi connectivity index (χ4v) is 1.72. The van der Waals surface area contributed by atoms with Crippen LogP contribution in [0.25, 0.3) is 0 Å². The van der Waals surface area contributed by atoms with Crippen LogP contribution in [0.2, 0.25) is 0 Å². The molecular weight excluding hydrogens is 228 g/mol. The molecule has 1 amide bonds. The molecule has 0 fully saturated rings. The number of rotatable bonds is 7. The van der Waals surface area contributed by atoms with Gasteiger partial charge in [-0.25, -0.2) is 4.98 Å². The zero-order chi connectivity index (χ0) is 13.5. The molecule has 1 atom stereocenters. The normalized spacial score (nSPS) is 12.7. The summed E-state index contributed by atoms with van der Waals surface area (Å²) in [6.07, 6.45) is 5.58. The standard InChI is InChI=1S/C13H24N4O/c1-5-11(6-2)16-13(18)10(3)15-9-12-14-7-8-17(12)4/h7-8,10-11,15H,5-6,9H2,1-4H3,(H,16,18). The lowest BCUT2D eigenvalue weighted by Crippen LogP contribution is -2.45. The molecule has 0 saturated carbocycles. The highest BCUT2D eigenvalue weighted by atomic mass is 16.2. The zero-order valence-electron chi connectivity index (χ0n) is 11.7. The Morgan fingerprint density at radius 2 is 2.11 bits per heavy atom. The largest absolute Gasteiger partial charge is 0.352 e. The number of imidazole rings is 1. The first kappa shape index (κ1) is 14.7. The Labute approximate surface area is 109 Å². The van der Waals surface area contributed by atoms with Gasteiger partial charge in [-0.3, -0.25) is 10.1 Å². The minimum Gasteiger partial charge on any atom is -0.352 e. The van der Waals surface area contributed by atoms with Crippen LogP contribution < -0.4 is 10.6 Å². The average Bonchev–Trinajstić information content (AvgIpc) is 2.78. The number of hydrogen-bond acceptors (Lipinski definition) is 3. The van der Waals surface area contributed by atoms with Crippen LogP contribution in [0.4, 0.5) is 0 Å². The summed E-state index contributed by atoms with van der Waals surface area (Å²) in [6.45, 7) is 6.64. The van der Waals surface area contributed by atoms with Crippen LogP contribution in [-0.2, 0) is 18.4 Å². The molecule has 2 N–H and O–H groups in total. The highest BCUT2D eigenvalue weighted by molar-refractivity contribution is 5.81. The number of aromatic nitrogens is 2. The van der Waals surface area contributed by atoms with Crippen molar-refractivity contribution in [3.8, 4) is 0 Å². The molecule has 1 heterocycles. The van der Waals surface area contributed by atoms with Gasteiger partial charge in [0.15, 0.2) is 0 Å². The first-order chi connectivity index (χ1) is 8.58. The van der Waals surface area contributed by atoms with E-state index in [0.29, 0.717) is 6.54 Å². The minimum atomic E-state index is -0.206. The summed E-state index contributed by atoms with van der Waals surface area (Å²) < 4.78 is 1.94. The molecule has 0 saturated heterocycles. The molecule has 0 aliphatic carbocycles. The molecule has 1 aromatic rings. The molecule has 0 radical (unpaired) electrons. The molecule has 1 unspecified atom stereocenters. The van der Waals surface area contributed by atoms with Crippen molar-refractivity contribution in [1.82, 2.24) is 20.2 Å². The fourth-order valence-electron chi connectivity index (χ4n) is 1.72. The summed E-state index contributed by atoms with van der Waals surface area (Å²) in [5, 5.41) is 6.22. The van der Waals surface area contributed by atoms with Crippen LogP contribution >= 0.6 is 0 Å². The van der Waals surface area contributed by atoms with Crippen LogP contribution in [0.3, 0.4) is 0 Å². The van der Waals surface area contributed by atoms with Crippen LogP contribution in [0.1, 0.15) is 39.4 Å². The summed E-state index contributed by atoms with van der Waals surface area (Å²) in [4.78, 5) is 16.1. The van der Waals surface area contributed by atoms with E-state index in [1.165, 1.54) is 0 Å². The van der Waals surface area contributed by atoms with E-state index in [2.05, 4.69) is 29.5 Å². The lowest BCUT2D eigenvalue weighted by molar-refractivity contribution is -0.123. The number of amides is 1. The fraction of sp³-hybridized carbons (Fsp3) is 0.692. The quantitative estimate of drug-likeness (QED) is 0.766. The predicted molar refractivity (Wildman–Crippen MR) is 72.0 cm³/mol. The molecule has 0 bridgehead atoms. The molecule has 0 aliphatic heterocycles. The second-order valence-corrected chi connectivity index (χ2v) is 4.58. The van der Waals surface area contributed by atoms with Gasteiger partial charge in [-0.2, -0.15) is 0 Å². The van der Waals surface area contributed by atoms with Crippen LogP contribution in [-0.4, -0.2) is 27.5 Å². The number of nitrogens with zero attached hydrogens (tertiary/aromatic N) is 2. The Bertz CT molecular complexity index is 371. The maximum Gasteiger partial charge on any atom is 0.237 e. The lowest BCUT2D eigenvalue weighted by atomic mass is 10.1. The van der Waals surface area contributed by atoms with Crippen molar-refractivity contribution in [2.45, 2.75) is 52.2 Å². The van der Waals surface area contributed by atoms with Crippen molar-refractivity contribution in [2.75, 3.05) is 0 Å². The molecule has 5 heteroatoms. The van der Waals surface area contributed by atoms with Gasteiger partial charge in [0.1, 0.15) is 5.82 Å². The van der Waals surface area contributed by atoms with Crippen molar-refractivity contribution in [1.29, 1.82) is 0 Å². The van der Waals surface area contributed by atoms with Gasteiger partial charge in [0, 0.05) is 25.5 Å². The Balaban J connectivity index is 2.38. The van der Waals surface area contributed by atoms with Gasteiger partial charge in [0.05, 0.1) is 12.6 Å². The third-order valence-electron chi connectivity index (χ3n) is 3.21. The smallest absolute Gasteiger partial charge is 0.237 e. The molecule has 5 nitrogen and oxygen atoms in total. The Hall–Kier alpha value is -1.36. The number of nitrogens with one attached hydrogen (secondary N) is 2. The van der Waals surface area contributed by atoms with E-state index in [-0.39, 0.29) is 18.0 Å². The monoisotopic (exact) mass is 252 g/mol. The third-order valence-corrected chi connectivity index (χ3v) is 3.21. The lowest BCUT2D eigenvalue weighted by Gasteiger charge is -2.19. The topological polar surface area (TPSA) is 59.0 Å². The first-order valence-corrected chi connectivity index (χ1v) is 6.58. The third kappa shape index (κ3) is 4.14. The van der Waals surface area contributed by atoms with Gasteiger partial charge in [0.2, 0.25) is 5.91 Å². The maximum atomic E-state index is 11.9. The van der Waals surface area contributed by atoms with E-state index in [1.54, 1.807) is 6.20 Å². The predicted octanol–water partition coefficient (Wildman–Crippen LogP) is 1.20. The van der Waals surface area contributed by atoms with E-state index >= 15 is 0 Å². The van der Waals surface area contributed by atoms with E-state index in [4.69, 9.17) is 0 Å². The van der Waals surface area contributed by atoms with E-state index in [0.717, 1.165) is 18.7 Å². The Kier molecular flexibility index (Phi) is 5.85. The zero-order valence-corrected chi connectivity index (χ0v) is 11.7. The summed E-state index contributed by atoms with van der Waals surface area (Å²) in [5.41, 5.74) is 0. The first-order valence-electron chi connectivity index (χ1n) is 6.58. The molecule has 18 heavy (non-hydrogen) atoms. The van der Waals surface area contributed by atoms with Gasteiger partial charge >= 0.3 is 0 Å². The molecule has 0 aliphatic rings. The average molecular weight is 252 g/mol. The highest BCUT2D eigenvalue weighted by Crippen LogP contribution is 1.98. The van der Waals surface area contributed by atoms with Crippen molar-refractivity contribution in [3.63, 3.8) is 0 Å². The summed E-state index contributed by atoms with van der Waals surface area (Å²) >= 11 is 0. The van der Waals surface area contributed by atoms with E-state index in [1.807, 2.05) is 24.7 Å². The SMILES string of the molecule is CCC(CC)NC(=O)C(C)NCc1nccn1C. The van der Waals surface area contributed by atoms with Crippen molar-refractivity contribution < 1.29 is 4.79 Å². The van der Waals surface area contributed by atoms with Crippen LogP contribution in [0.5, 0.6) is 0 Å². The van der Waals surface area contributed by atoms with Gasteiger partial charge in [0.25, 0.3) is 0 Å². The van der Waals surface area contributed by atoms with Gasteiger partial charge in [-0.1, -0.05) is 13.8 Å². The molecule has 1 aromatic heterocycles. The molecule has 0 spiro atoms. The Morgan fingerprint density at radius 3 is 2.61 bits per heavy atom. The van der Waals surface area contributed by atoms with Crippen molar-refractivity contribution in [3.05, 3.63) is 18.2 Å². The van der Waals surface area contributed by atoms with Crippen molar-refractivity contribution in [2.24, 2.45) is 7.05 Å². The number of carbonyl (C=O) groups excluding carboxylic acids is 1. The van der Waals surface area contributed by atoms with Gasteiger partial charge < -0.3 is 9.88 Å². The molecular formula is C13H24N4O. The molecule has 102 valence electrons. The maximum absolute atomic E-state index is 11.9. The van der Waals surface area contributed by atoms with Crippen LogP contribution in [0, 0.1) is 0 Å². The molecule has 0 aromatic carbocycles. The minimum absolute atomic E-state index is 0.0536. The number of carbonyl (C=O) groups is 1. The van der Waals surface area contributed by atoms with Crippen LogP contribution in [0.15, 0.2) is 12.4 Å². The summed E-state index contributed by atoms with van der Waals surface area (Å²) in [5.74, 6) is 0.982. The van der Waals surface area contributed by atoms with Gasteiger partial charge in [-0.15, -0.1) is 0 Å². The highest BCUT2D eigenvalue weighted by Gasteiger charge is 2.15. The van der Waals surface area contributed by atoms with Crippen molar-refractivity contribution >= 4 is 5.91 Å². The van der Waals surface area contributed by atoms with E-state index in [9.17, 15) is 4.79 Å². The second kappa shape index (κ2) is 7.16. The van der Waals surface area contributed by atoms with Gasteiger partial charge in [-0.05, 0) is 19.8 Å². The Morgan fingerprint density at radius 1 is 1.44 bits per heavy atom. The summed E-state index contributed by atoms with van der Waals surface area (Å²) in [6, 6.07) is 0.0669. The molecule has 1 rings (SSSR count). The second-order valence-electron chi connectivity index (χ2n) is 4.58.